The molecular formula is C24H18O2. The van der Waals surface area contributed by atoms with Crippen molar-refractivity contribution in [2.24, 2.45) is 0 Å². The Bertz CT molecular complexity index is 866. The predicted octanol–water partition coefficient (Wildman–Crippen LogP) is 5.65. The molecule has 0 amide bonds. The minimum absolute atomic E-state index is 0.672. The van der Waals surface area contributed by atoms with Gasteiger partial charge in [-0.3, -0.25) is 9.59 Å². The van der Waals surface area contributed by atoms with Crippen LogP contribution in [0.5, 0.6) is 0 Å². The smallest absolute Gasteiger partial charge is 0.150 e. The van der Waals surface area contributed by atoms with E-state index in [4.69, 9.17) is 0 Å². The summed E-state index contributed by atoms with van der Waals surface area (Å²) in [5.41, 5.74) is 5.63. The van der Waals surface area contributed by atoms with Gasteiger partial charge in [0.15, 0.2) is 0 Å². The van der Waals surface area contributed by atoms with Crippen molar-refractivity contribution >= 4 is 36.9 Å². The summed E-state index contributed by atoms with van der Waals surface area (Å²) in [5.74, 6) is 0. The van der Waals surface area contributed by atoms with Gasteiger partial charge in [0, 0.05) is 11.1 Å². The first-order chi connectivity index (χ1) is 12.8. The van der Waals surface area contributed by atoms with Gasteiger partial charge < -0.3 is 0 Å². The lowest BCUT2D eigenvalue weighted by atomic mass is 10.0. The molecule has 0 aromatic heterocycles. The minimum atomic E-state index is 0.672. The van der Waals surface area contributed by atoms with Gasteiger partial charge in [-0.1, -0.05) is 97.1 Å². The molecule has 0 bridgehead atoms. The lowest BCUT2D eigenvalue weighted by molar-refractivity contribution is 0.111. The van der Waals surface area contributed by atoms with Crippen molar-refractivity contribution in [2.45, 2.75) is 0 Å². The molecule has 3 rings (SSSR count). The van der Waals surface area contributed by atoms with E-state index in [0.717, 1.165) is 34.8 Å². The Labute approximate surface area is 153 Å². The fraction of sp³-hybridized carbons (Fsp3) is 0. The van der Waals surface area contributed by atoms with Crippen LogP contribution in [-0.2, 0) is 0 Å². The van der Waals surface area contributed by atoms with Gasteiger partial charge in [0.05, 0.1) is 0 Å². The summed E-state index contributed by atoms with van der Waals surface area (Å²) in [5, 5.41) is 0. The Kier molecular flexibility index (Phi) is 5.69. The molecule has 0 N–H and O–H groups in total. The van der Waals surface area contributed by atoms with Crippen molar-refractivity contribution in [2.75, 3.05) is 0 Å². The Morgan fingerprint density at radius 3 is 1.12 bits per heavy atom. The summed E-state index contributed by atoms with van der Waals surface area (Å²) in [6.07, 6.45) is 9.86. The van der Waals surface area contributed by atoms with Gasteiger partial charge in [-0.05, 0) is 22.3 Å². The highest BCUT2D eigenvalue weighted by Crippen LogP contribution is 2.17. The van der Waals surface area contributed by atoms with Crippen molar-refractivity contribution in [1.82, 2.24) is 0 Å². The third-order valence-corrected chi connectivity index (χ3v) is 4.05. The average molecular weight is 338 g/mol. The fourth-order valence-electron chi connectivity index (χ4n) is 2.56. The first-order valence-electron chi connectivity index (χ1n) is 8.34. The number of aldehydes is 2. The summed E-state index contributed by atoms with van der Waals surface area (Å²) >= 11 is 0. The second-order valence-corrected chi connectivity index (χ2v) is 5.86. The molecule has 0 aliphatic heterocycles. The van der Waals surface area contributed by atoms with E-state index in [1.54, 1.807) is 0 Å². The third kappa shape index (κ3) is 4.52. The summed E-state index contributed by atoms with van der Waals surface area (Å²) in [6, 6.07) is 23.1. The Balaban J connectivity index is 1.80. The minimum Gasteiger partial charge on any atom is -0.298 e. The largest absolute Gasteiger partial charge is 0.298 e. The molecule has 0 atom stereocenters. The quantitative estimate of drug-likeness (QED) is 0.430. The molecule has 0 unspecified atom stereocenters. The molecule has 26 heavy (non-hydrogen) atoms. The van der Waals surface area contributed by atoms with E-state index >= 15 is 0 Å². The van der Waals surface area contributed by atoms with Gasteiger partial charge in [-0.15, -0.1) is 0 Å². The first kappa shape index (κ1) is 17.3. The van der Waals surface area contributed by atoms with Crippen LogP contribution in [-0.4, -0.2) is 12.6 Å². The van der Waals surface area contributed by atoms with Crippen molar-refractivity contribution in [3.8, 4) is 0 Å². The molecule has 0 fully saturated rings. The van der Waals surface area contributed by atoms with Crippen LogP contribution in [0.15, 0.2) is 72.8 Å². The molecule has 0 saturated carbocycles. The summed E-state index contributed by atoms with van der Waals surface area (Å²) in [7, 11) is 0. The summed E-state index contributed by atoms with van der Waals surface area (Å²) < 4.78 is 0. The maximum Gasteiger partial charge on any atom is 0.150 e. The molecule has 0 spiro atoms. The molecule has 0 aliphatic rings. The average Bonchev–Trinajstić information content (AvgIpc) is 2.72. The number of carbonyl (C=O) groups excluding carboxylic acids is 2. The first-order valence-corrected chi connectivity index (χ1v) is 8.34. The molecular weight excluding hydrogens is 320 g/mol. The van der Waals surface area contributed by atoms with Crippen molar-refractivity contribution < 1.29 is 9.59 Å². The van der Waals surface area contributed by atoms with E-state index in [1.807, 2.05) is 72.8 Å². The van der Waals surface area contributed by atoms with Gasteiger partial charge in [0.2, 0.25) is 0 Å². The van der Waals surface area contributed by atoms with Gasteiger partial charge >= 0.3 is 0 Å². The van der Waals surface area contributed by atoms with E-state index in [1.165, 1.54) is 0 Å². The van der Waals surface area contributed by atoms with Gasteiger partial charge in [-0.25, -0.2) is 0 Å². The molecule has 0 saturated heterocycles. The Morgan fingerprint density at radius 2 is 0.769 bits per heavy atom. The Hall–Kier alpha value is -3.52. The number of hydrogen-bond donors (Lipinski definition) is 0. The van der Waals surface area contributed by atoms with Crippen molar-refractivity contribution in [3.63, 3.8) is 0 Å². The molecule has 3 aromatic rings. The van der Waals surface area contributed by atoms with Gasteiger partial charge in [-0.2, -0.15) is 0 Å². The molecule has 3 aromatic carbocycles. The molecule has 126 valence electrons. The third-order valence-electron chi connectivity index (χ3n) is 4.05. The van der Waals surface area contributed by atoms with Crippen LogP contribution in [0.2, 0.25) is 0 Å². The van der Waals surface area contributed by atoms with Crippen LogP contribution < -0.4 is 0 Å². The predicted molar refractivity (Wildman–Crippen MR) is 108 cm³/mol. The SMILES string of the molecule is O=Cc1ccc(C=Cc2ccccc2C=Cc2ccc(C=O)cc2)cc1. The lowest BCUT2D eigenvalue weighted by Gasteiger charge is -2.01. The molecule has 0 radical (unpaired) electrons. The second-order valence-electron chi connectivity index (χ2n) is 5.86. The van der Waals surface area contributed by atoms with E-state index < -0.39 is 0 Å². The molecule has 0 heterocycles. The highest BCUT2D eigenvalue weighted by atomic mass is 16.1. The standard InChI is InChI=1S/C24H18O2/c25-17-21-9-5-19(6-10-21)13-15-23-3-1-2-4-24(23)16-14-20-7-11-22(18-26)12-8-20/h1-18H. The van der Waals surface area contributed by atoms with Crippen LogP contribution in [0.3, 0.4) is 0 Å². The van der Waals surface area contributed by atoms with Crippen LogP contribution in [0.1, 0.15) is 43.0 Å². The molecule has 0 aliphatic carbocycles. The zero-order valence-electron chi connectivity index (χ0n) is 14.2. The van der Waals surface area contributed by atoms with Crippen LogP contribution in [0.25, 0.3) is 24.3 Å². The summed E-state index contributed by atoms with van der Waals surface area (Å²) in [4.78, 5) is 21.4. The zero-order valence-corrected chi connectivity index (χ0v) is 14.2. The van der Waals surface area contributed by atoms with E-state index in [9.17, 15) is 9.59 Å². The second kappa shape index (κ2) is 8.54. The van der Waals surface area contributed by atoms with Crippen LogP contribution in [0, 0.1) is 0 Å². The fourth-order valence-corrected chi connectivity index (χ4v) is 2.56. The highest BCUT2D eigenvalue weighted by Gasteiger charge is 1.96. The number of hydrogen-bond acceptors (Lipinski definition) is 2. The normalized spacial score (nSPS) is 11.1. The van der Waals surface area contributed by atoms with Gasteiger partial charge in [0.25, 0.3) is 0 Å². The Morgan fingerprint density at radius 1 is 0.423 bits per heavy atom. The zero-order chi connectivity index (χ0) is 18.2. The van der Waals surface area contributed by atoms with Gasteiger partial charge in [0.1, 0.15) is 12.6 Å². The summed E-state index contributed by atoms with van der Waals surface area (Å²) in [6.45, 7) is 0. The maximum absolute atomic E-state index is 10.7. The van der Waals surface area contributed by atoms with E-state index in [2.05, 4.69) is 24.3 Å². The monoisotopic (exact) mass is 338 g/mol. The maximum atomic E-state index is 10.7. The molecule has 2 heteroatoms. The van der Waals surface area contributed by atoms with Crippen LogP contribution in [0.4, 0.5) is 0 Å². The highest BCUT2D eigenvalue weighted by molar-refractivity contribution is 5.81. The number of benzene rings is 3. The van der Waals surface area contributed by atoms with E-state index in [-0.39, 0.29) is 0 Å². The number of rotatable bonds is 6. The van der Waals surface area contributed by atoms with Crippen LogP contribution >= 0.6 is 0 Å². The number of carbonyl (C=O) groups is 2. The molecule has 2 nitrogen and oxygen atoms in total. The van der Waals surface area contributed by atoms with Crippen molar-refractivity contribution in [1.29, 1.82) is 0 Å². The van der Waals surface area contributed by atoms with E-state index in [0.29, 0.717) is 11.1 Å². The van der Waals surface area contributed by atoms with Crippen molar-refractivity contribution in [3.05, 3.63) is 106 Å². The topological polar surface area (TPSA) is 34.1 Å². The lowest BCUT2D eigenvalue weighted by Crippen LogP contribution is -1.82.